The minimum absolute atomic E-state index is 0. The molecule has 1 aliphatic heterocycles. The number of nitrogens with one attached hydrogen (secondary N) is 2. The molecule has 1 aromatic heterocycles. The summed E-state index contributed by atoms with van der Waals surface area (Å²) in [7, 11) is 1.69. The zero-order valence-electron chi connectivity index (χ0n) is 18.8. The number of likely N-dealkylation sites (N-methyl/N-ethyl adjacent to an activating group) is 1. The smallest absolute Gasteiger partial charge is 0.323 e. The quantitative estimate of drug-likeness (QED) is 0.213. The Bertz CT molecular complexity index is 776. The number of esters is 1. The molecule has 1 aromatic rings. The predicted octanol–water partition coefficient (Wildman–Crippen LogP) is 2.45. The van der Waals surface area contributed by atoms with Gasteiger partial charge in [0.05, 0.1) is 6.54 Å². The summed E-state index contributed by atoms with van der Waals surface area (Å²) in [6.45, 7) is 2.63. The molecule has 2 rings (SSSR count). The maximum atomic E-state index is 12.3. The van der Waals surface area contributed by atoms with Gasteiger partial charge >= 0.3 is 18.0 Å². The van der Waals surface area contributed by atoms with Crippen molar-refractivity contribution >= 4 is 66.0 Å². The second-order valence-corrected chi connectivity index (χ2v) is 8.23. The second-order valence-electron chi connectivity index (χ2n) is 7.45. The summed E-state index contributed by atoms with van der Waals surface area (Å²) in [4.78, 5) is 42.6. The number of ether oxygens (including phenoxy) is 1. The number of nitrogens with zero attached hydrogens (tertiary/aromatic N) is 3. The van der Waals surface area contributed by atoms with Crippen molar-refractivity contribution < 1.29 is 24.2 Å². The maximum Gasteiger partial charge on any atom is 0.323 e. The monoisotopic (exact) mass is 561 g/mol. The SMILES string of the molecule is CN[C@@H](CCCCNC(=O)N1CCN(CC(=O)O)CC1)C(=O)OCc1cc(Cl)nc(Cl)c1.Cl.Cl. The number of carbonyl (C=O) groups is 3. The van der Waals surface area contributed by atoms with Gasteiger partial charge in [-0.25, -0.2) is 9.78 Å². The molecule has 0 aliphatic carbocycles. The lowest BCUT2D eigenvalue weighted by Gasteiger charge is -2.33. The van der Waals surface area contributed by atoms with Crippen LogP contribution in [0.3, 0.4) is 0 Å². The Hall–Kier alpha value is -1.56. The molecule has 0 aromatic carbocycles. The standard InChI is InChI=1S/C20H29Cl2N5O5.2ClH/c1-23-15(19(30)32-13-14-10-16(21)25-17(22)11-14)4-2-3-5-24-20(31)27-8-6-26(7-9-27)12-18(28)29;;/h10-11,15,23H,2-9,12-13H2,1H3,(H,24,31)(H,28,29);2*1H/t15-;;/m0../s1. The summed E-state index contributed by atoms with van der Waals surface area (Å²) in [6, 6.07) is 2.56. The Labute approximate surface area is 221 Å². The number of aromatic nitrogens is 1. The van der Waals surface area contributed by atoms with Crippen LogP contribution in [0.2, 0.25) is 10.3 Å². The van der Waals surface area contributed by atoms with Gasteiger partial charge in [0.2, 0.25) is 0 Å². The largest absolute Gasteiger partial charge is 0.480 e. The van der Waals surface area contributed by atoms with Gasteiger partial charge in [-0.05, 0) is 44.0 Å². The molecule has 10 nitrogen and oxygen atoms in total. The fourth-order valence-corrected chi connectivity index (χ4v) is 3.82. The fraction of sp³-hybridized carbons (Fsp3) is 0.600. The van der Waals surface area contributed by atoms with Gasteiger partial charge in [0.1, 0.15) is 23.0 Å². The summed E-state index contributed by atoms with van der Waals surface area (Å²) in [6.07, 6.45) is 2.00. The van der Waals surface area contributed by atoms with Crippen molar-refractivity contribution in [1.29, 1.82) is 0 Å². The normalized spacial score (nSPS) is 14.4. The van der Waals surface area contributed by atoms with E-state index in [9.17, 15) is 14.4 Å². The van der Waals surface area contributed by atoms with Crippen LogP contribution in [0.4, 0.5) is 4.79 Å². The van der Waals surface area contributed by atoms with Gasteiger partial charge in [-0.3, -0.25) is 14.5 Å². The van der Waals surface area contributed by atoms with Crippen LogP contribution < -0.4 is 10.6 Å². The second kappa shape index (κ2) is 17.0. The van der Waals surface area contributed by atoms with Gasteiger partial charge in [0.25, 0.3) is 0 Å². The average molecular weight is 563 g/mol. The Kier molecular flexibility index (Phi) is 16.2. The van der Waals surface area contributed by atoms with Crippen LogP contribution in [0.1, 0.15) is 24.8 Å². The molecule has 0 unspecified atom stereocenters. The first kappa shape index (κ1) is 32.4. The van der Waals surface area contributed by atoms with E-state index in [-0.39, 0.29) is 60.3 Å². The number of carboxylic acid groups (broad SMARTS) is 1. The molecular weight excluding hydrogens is 532 g/mol. The van der Waals surface area contributed by atoms with E-state index in [4.69, 9.17) is 33.0 Å². The number of hydrogen-bond acceptors (Lipinski definition) is 7. The van der Waals surface area contributed by atoms with E-state index < -0.39 is 12.0 Å². The van der Waals surface area contributed by atoms with Crippen LogP contribution in [-0.2, 0) is 20.9 Å². The van der Waals surface area contributed by atoms with Gasteiger partial charge < -0.3 is 25.4 Å². The van der Waals surface area contributed by atoms with Gasteiger partial charge in [0.15, 0.2) is 0 Å². The minimum atomic E-state index is -0.863. The van der Waals surface area contributed by atoms with E-state index >= 15 is 0 Å². The average Bonchev–Trinajstić information content (AvgIpc) is 2.74. The molecule has 3 N–H and O–H groups in total. The number of rotatable bonds is 11. The Morgan fingerprint density at radius 3 is 2.29 bits per heavy atom. The van der Waals surface area contributed by atoms with Crippen molar-refractivity contribution in [2.24, 2.45) is 0 Å². The van der Waals surface area contributed by atoms with E-state index in [2.05, 4.69) is 15.6 Å². The number of piperazine rings is 1. The number of amides is 2. The lowest BCUT2D eigenvalue weighted by molar-refractivity contribution is -0.147. The lowest BCUT2D eigenvalue weighted by Crippen LogP contribution is -2.52. The third kappa shape index (κ3) is 11.7. The molecule has 1 fully saturated rings. The summed E-state index contributed by atoms with van der Waals surface area (Å²) >= 11 is 11.7. The molecule has 2 amide bonds. The molecule has 0 spiro atoms. The highest BCUT2D eigenvalue weighted by atomic mass is 35.5. The van der Waals surface area contributed by atoms with Gasteiger partial charge in [-0.2, -0.15) is 0 Å². The number of hydrogen-bond donors (Lipinski definition) is 3. The van der Waals surface area contributed by atoms with Gasteiger partial charge in [-0.15, -0.1) is 24.8 Å². The number of halogens is 4. The zero-order valence-corrected chi connectivity index (χ0v) is 21.9. The summed E-state index contributed by atoms with van der Waals surface area (Å²) in [5.74, 6) is -1.24. The van der Waals surface area contributed by atoms with Crippen LogP contribution in [0.15, 0.2) is 12.1 Å². The van der Waals surface area contributed by atoms with Crippen molar-refractivity contribution in [3.63, 3.8) is 0 Å². The first-order valence-electron chi connectivity index (χ1n) is 10.4. The Morgan fingerprint density at radius 2 is 1.74 bits per heavy atom. The van der Waals surface area contributed by atoms with E-state index in [1.807, 2.05) is 0 Å². The van der Waals surface area contributed by atoms with Crippen LogP contribution in [0.5, 0.6) is 0 Å². The van der Waals surface area contributed by atoms with Crippen LogP contribution in [0, 0.1) is 0 Å². The van der Waals surface area contributed by atoms with Crippen molar-refractivity contribution in [1.82, 2.24) is 25.4 Å². The fourth-order valence-electron chi connectivity index (χ4n) is 3.31. The van der Waals surface area contributed by atoms with Gasteiger partial charge in [0, 0.05) is 32.7 Å². The number of aliphatic carboxylic acids is 1. The van der Waals surface area contributed by atoms with Crippen molar-refractivity contribution in [3.05, 3.63) is 28.0 Å². The molecule has 34 heavy (non-hydrogen) atoms. The Morgan fingerprint density at radius 1 is 1.12 bits per heavy atom. The molecule has 1 saturated heterocycles. The maximum absolute atomic E-state index is 12.3. The molecule has 14 heteroatoms. The molecule has 2 heterocycles. The van der Waals surface area contributed by atoms with Crippen molar-refractivity contribution in [3.8, 4) is 0 Å². The molecule has 0 bridgehead atoms. The highest BCUT2D eigenvalue weighted by molar-refractivity contribution is 6.32. The lowest BCUT2D eigenvalue weighted by atomic mass is 10.1. The molecule has 1 aliphatic rings. The van der Waals surface area contributed by atoms with Crippen LogP contribution >= 0.6 is 48.0 Å². The van der Waals surface area contributed by atoms with Crippen molar-refractivity contribution in [2.75, 3.05) is 46.3 Å². The highest BCUT2D eigenvalue weighted by Crippen LogP contribution is 2.16. The molecule has 0 radical (unpaired) electrons. The summed E-state index contributed by atoms with van der Waals surface area (Å²) in [5, 5.41) is 15.1. The summed E-state index contributed by atoms with van der Waals surface area (Å²) in [5.41, 5.74) is 0.657. The number of pyridine rings is 1. The number of carboxylic acids is 1. The topological polar surface area (TPSA) is 124 Å². The van der Waals surface area contributed by atoms with E-state index in [1.165, 1.54) is 0 Å². The first-order chi connectivity index (χ1) is 15.3. The minimum Gasteiger partial charge on any atom is -0.480 e. The zero-order chi connectivity index (χ0) is 23.5. The van der Waals surface area contributed by atoms with Gasteiger partial charge in [-0.1, -0.05) is 23.2 Å². The number of unbranched alkanes of at least 4 members (excludes halogenated alkanes) is 1. The molecule has 1 atom stereocenters. The van der Waals surface area contributed by atoms with Crippen LogP contribution in [-0.4, -0.2) is 90.2 Å². The Balaban J connectivity index is 0.00000544. The van der Waals surface area contributed by atoms with E-state index in [1.54, 1.807) is 29.0 Å². The predicted molar refractivity (Wildman–Crippen MR) is 134 cm³/mol. The molecule has 0 saturated carbocycles. The summed E-state index contributed by atoms with van der Waals surface area (Å²) < 4.78 is 5.33. The molecule has 194 valence electrons. The van der Waals surface area contributed by atoms with Crippen molar-refractivity contribution in [2.45, 2.75) is 31.9 Å². The van der Waals surface area contributed by atoms with E-state index in [0.29, 0.717) is 51.1 Å². The first-order valence-corrected chi connectivity index (χ1v) is 11.2. The number of carbonyl (C=O) groups excluding carboxylic acids is 2. The molecular formula is C20H31Cl4N5O5. The van der Waals surface area contributed by atoms with E-state index in [0.717, 1.165) is 6.42 Å². The third-order valence-corrected chi connectivity index (χ3v) is 5.44. The number of urea groups is 1. The highest BCUT2D eigenvalue weighted by Gasteiger charge is 2.22. The van der Waals surface area contributed by atoms with Crippen LogP contribution in [0.25, 0.3) is 0 Å². The third-order valence-electron chi connectivity index (χ3n) is 5.05.